The van der Waals surface area contributed by atoms with E-state index in [0.29, 0.717) is 5.91 Å². The first-order valence-electron chi connectivity index (χ1n) is 9.54. The number of hydrogen-bond acceptors (Lipinski definition) is 3. The summed E-state index contributed by atoms with van der Waals surface area (Å²) < 4.78 is 5.46. The molecule has 4 nitrogen and oxygen atoms in total. The van der Waals surface area contributed by atoms with Gasteiger partial charge in [-0.05, 0) is 24.5 Å². The average molecular weight is 367 g/mol. The molecule has 5 heteroatoms. The molecular weight excluding hydrogens is 336 g/mol. The molecule has 0 aromatic heterocycles. The number of methoxy groups -OCH3 is 1. The minimum absolute atomic E-state index is 0. The Hall–Kier alpha value is -1.26. The first kappa shape index (κ1) is 20.1. The molecule has 2 fully saturated rings. The molecule has 0 unspecified atom stereocenters. The summed E-state index contributed by atoms with van der Waals surface area (Å²) in [4.78, 5) is 16.0. The number of para-hydroxylation sites is 2. The molecule has 0 bridgehead atoms. The number of quaternary nitrogens is 1. The van der Waals surface area contributed by atoms with E-state index in [-0.39, 0.29) is 12.4 Å². The fraction of sp³-hybridized carbons (Fsp3) is 0.650. The van der Waals surface area contributed by atoms with Crippen LogP contribution in [0, 0.1) is 5.92 Å². The van der Waals surface area contributed by atoms with E-state index in [1.807, 2.05) is 18.2 Å². The molecule has 1 N–H and O–H groups in total. The molecule has 25 heavy (non-hydrogen) atoms. The molecule has 1 aromatic carbocycles. The van der Waals surface area contributed by atoms with Gasteiger partial charge in [0.1, 0.15) is 18.8 Å². The number of nitrogens with one attached hydrogen (secondary N) is 1. The van der Waals surface area contributed by atoms with Crippen molar-refractivity contribution < 1.29 is 26.8 Å². The Balaban J connectivity index is 0.00000225. The summed E-state index contributed by atoms with van der Waals surface area (Å²) in [7, 11) is 1.72. The number of hydrogen-bond donors (Lipinski definition) is 1. The third-order valence-electron chi connectivity index (χ3n) is 5.69. The normalized spacial score (nSPS) is 19.3. The van der Waals surface area contributed by atoms with Crippen LogP contribution in [0.25, 0.3) is 0 Å². The van der Waals surface area contributed by atoms with Gasteiger partial charge in [-0.15, -0.1) is 0 Å². The van der Waals surface area contributed by atoms with E-state index < -0.39 is 0 Å². The SMILES string of the molecule is COc1ccccc1N1CC[NH+](C(=O)CCC2CCCCC2)CC1.[Cl-]. The van der Waals surface area contributed by atoms with E-state index in [1.165, 1.54) is 32.1 Å². The van der Waals surface area contributed by atoms with E-state index in [2.05, 4.69) is 11.0 Å². The van der Waals surface area contributed by atoms with E-state index in [9.17, 15) is 4.79 Å². The predicted octanol–water partition coefficient (Wildman–Crippen LogP) is -0.709. The maximum atomic E-state index is 12.5. The lowest BCUT2D eigenvalue weighted by atomic mass is 9.86. The second-order valence-electron chi connectivity index (χ2n) is 7.23. The summed E-state index contributed by atoms with van der Waals surface area (Å²) in [5, 5.41) is 0. The van der Waals surface area contributed by atoms with Crippen LogP contribution in [0.2, 0.25) is 0 Å². The molecule has 1 aromatic rings. The topological polar surface area (TPSA) is 34.0 Å². The third kappa shape index (κ3) is 5.35. The molecule has 1 saturated carbocycles. The molecule has 1 aliphatic heterocycles. The Morgan fingerprint density at radius 1 is 1.16 bits per heavy atom. The molecule has 0 atom stereocenters. The highest BCUT2D eigenvalue weighted by Gasteiger charge is 2.27. The van der Waals surface area contributed by atoms with E-state index >= 15 is 0 Å². The molecule has 1 heterocycles. The van der Waals surface area contributed by atoms with Crippen LogP contribution in [0.4, 0.5) is 5.69 Å². The van der Waals surface area contributed by atoms with Gasteiger partial charge in [-0.1, -0.05) is 44.2 Å². The summed E-state index contributed by atoms with van der Waals surface area (Å²) >= 11 is 0. The van der Waals surface area contributed by atoms with Crippen LogP contribution in [0.3, 0.4) is 0 Å². The summed E-state index contributed by atoms with van der Waals surface area (Å²) in [5.41, 5.74) is 1.15. The zero-order valence-electron chi connectivity index (χ0n) is 15.3. The number of nitrogens with zero attached hydrogens (tertiary/aromatic N) is 1. The Morgan fingerprint density at radius 2 is 1.84 bits per heavy atom. The predicted molar refractivity (Wildman–Crippen MR) is 96.7 cm³/mol. The molecule has 140 valence electrons. The molecule has 1 saturated heterocycles. The van der Waals surface area contributed by atoms with Crippen molar-refractivity contribution in [2.75, 3.05) is 38.2 Å². The van der Waals surface area contributed by atoms with Gasteiger partial charge in [0.15, 0.2) is 0 Å². The van der Waals surface area contributed by atoms with Crippen LogP contribution >= 0.6 is 0 Å². The van der Waals surface area contributed by atoms with Gasteiger partial charge in [0.2, 0.25) is 0 Å². The number of benzene rings is 1. The molecule has 3 rings (SSSR count). The van der Waals surface area contributed by atoms with Gasteiger partial charge in [-0.2, -0.15) is 0 Å². The molecule has 0 spiro atoms. The highest BCUT2D eigenvalue weighted by Crippen LogP contribution is 2.28. The van der Waals surface area contributed by atoms with Crippen molar-refractivity contribution in [3.63, 3.8) is 0 Å². The monoisotopic (exact) mass is 366 g/mol. The second kappa shape index (κ2) is 10.0. The van der Waals surface area contributed by atoms with Gasteiger partial charge in [0, 0.05) is 0 Å². The summed E-state index contributed by atoms with van der Waals surface area (Å²) in [6.45, 7) is 3.65. The highest BCUT2D eigenvalue weighted by atomic mass is 35.5. The number of anilines is 1. The van der Waals surface area contributed by atoms with Crippen molar-refractivity contribution in [2.24, 2.45) is 5.92 Å². The van der Waals surface area contributed by atoms with E-state index in [1.54, 1.807) is 7.11 Å². The third-order valence-corrected chi connectivity index (χ3v) is 5.69. The van der Waals surface area contributed by atoms with Crippen molar-refractivity contribution in [2.45, 2.75) is 44.9 Å². The van der Waals surface area contributed by atoms with Crippen LogP contribution in [0.1, 0.15) is 44.9 Å². The zero-order valence-corrected chi connectivity index (χ0v) is 16.1. The lowest BCUT2D eigenvalue weighted by Gasteiger charge is -2.33. The molecule has 1 aliphatic carbocycles. The maximum absolute atomic E-state index is 12.5. The van der Waals surface area contributed by atoms with Crippen molar-refractivity contribution in [1.29, 1.82) is 0 Å². The van der Waals surface area contributed by atoms with Gasteiger partial charge in [-0.25, -0.2) is 4.79 Å². The first-order chi connectivity index (χ1) is 11.8. The first-order valence-corrected chi connectivity index (χ1v) is 9.54. The standard InChI is InChI=1S/C20H30N2O2.ClH/c1-24-19-10-6-5-9-18(19)21-13-15-22(16-14-21)20(23)12-11-17-7-3-2-4-8-17;/h5-6,9-10,17H,2-4,7-8,11-16H2,1H3;1H. The Bertz CT molecular complexity index is 538. The van der Waals surface area contributed by atoms with Crippen LogP contribution in [-0.2, 0) is 4.79 Å². The lowest BCUT2D eigenvalue weighted by molar-refractivity contribution is -0.821. The average Bonchev–Trinajstić information content (AvgIpc) is 2.67. The van der Waals surface area contributed by atoms with Crippen molar-refractivity contribution in [1.82, 2.24) is 0 Å². The lowest BCUT2D eigenvalue weighted by Crippen LogP contribution is -3.17. The smallest absolute Gasteiger partial charge is 0.312 e. The summed E-state index contributed by atoms with van der Waals surface area (Å²) in [6.07, 6.45) is 8.68. The maximum Gasteiger partial charge on any atom is 0.312 e. The Labute approximate surface area is 157 Å². The minimum Gasteiger partial charge on any atom is -1.00 e. The quantitative estimate of drug-likeness (QED) is 0.747. The number of ether oxygens (including phenoxy) is 1. The van der Waals surface area contributed by atoms with Crippen molar-refractivity contribution in [3.05, 3.63) is 24.3 Å². The van der Waals surface area contributed by atoms with Gasteiger partial charge in [0.25, 0.3) is 0 Å². The molecule has 0 radical (unpaired) electrons. The largest absolute Gasteiger partial charge is 1.00 e. The van der Waals surface area contributed by atoms with Crippen LogP contribution in [0.15, 0.2) is 24.3 Å². The van der Waals surface area contributed by atoms with Gasteiger partial charge >= 0.3 is 5.91 Å². The number of carbonyl (C=O) groups excluding carboxylic acids is 1. The fourth-order valence-electron chi connectivity index (χ4n) is 4.18. The zero-order chi connectivity index (χ0) is 16.8. The van der Waals surface area contributed by atoms with Crippen molar-refractivity contribution in [3.8, 4) is 5.75 Å². The fourth-order valence-corrected chi connectivity index (χ4v) is 4.18. The number of piperazine rings is 1. The van der Waals surface area contributed by atoms with E-state index in [4.69, 9.17) is 4.74 Å². The second-order valence-corrected chi connectivity index (χ2v) is 7.23. The Kier molecular flexibility index (Phi) is 8.04. The van der Waals surface area contributed by atoms with Gasteiger partial charge < -0.3 is 22.0 Å². The summed E-state index contributed by atoms with van der Waals surface area (Å²) in [5.74, 6) is 2.15. The minimum atomic E-state index is 0. The summed E-state index contributed by atoms with van der Waals surface area (Å²) in [6, 6.07) is 8.16. The van der Waals surface area contributed by atoms with E-state index in [0.717, 1.165) is 61.3 Å². The van der Waals surface area contributed by atoms with Crippen LogP contribution in [0.5, 0.6) is 5.75 Å². The highest BCUT2D eigenvalue weighted by molar-refractivity contribution is 5.67. The molecule has 1 amide bonds. The Morgan fingerprint density at radius 3 is 2.52 bits per heavy atom. The van der Waals surface area contributed by atoms with Gasteiger partial charge in [0.05, 0.1) is 32.3 Å². The number of amides is 1. The number of halogens is 1. The van der Waals surface area contributed by atoms with Crippen molar-refractivity contribution >= 4 is 11.6 Å². The van der Waals surface area contributed by atoms with Crippen LogP contribution in [-0.4, -0.2) is 39.2 Å². The van der Waals surface area contributed by atoms with Crippen LogP contribution < -0.4 is 26.9 Å². The van der Waals surface area contributed by atoms with Gasteiger partial charge in [-0.3, -0.25) is 4.90 Å². The molecular formula is C20H31ClN2O2. The molecule has 2 aliphatic rings. The number of carbonyl (C=O) groups is 1. The number of rotatable bonds is 5.